The van der Waals surface area contributed by atoms with Crippen molar-refractivity contribution < 1.29 is 9.32 Å². The van der Waals surface area contributed by atoms with Crippen LogP contribution >= 0.6 is 0 Å². The Balaban J connectivity index is 2.08. The summed E-state index contributed by atoms with van der Waals surface area (Å²) in [6.45, 7) is 1.92. The molecule has 0 radical (unpaired) electrons. The lowest BCUT2D eigenvalue weighted by Gasteiger charge is -2.14. The number of rotatable bonds is 4. The van der Waals surface area contributed by atoms with Crippen LogP contribution in [0.2, 0.25) is 0 Å². The molecule has 1 amide bonds. The molecule has 2 heterocycles. The number of anilines is 1. The molecule has 0 bridgehead atoms. The van der Waals surface area contributed by atoms with Crippen LogP contribution in [0, 0.1) is 6.92 Å². The molecular weight excluding hydrogens is 246 g/mol. The highest BCUT2D eigenvalue weighted by atomic mass is 16.5. The van der Waals surface area contributed by atoms with Gasteiger partial charge in [0.05, 0.1) is 12.1 Å². The zero-order valence-corrected chi connectivity index (χ0v) is 11.0. The quantitative estimate of drug-likeness (QED) is 0.875. The lowest BCUT2D eigenvalue weighted by atomic mass is 10.2. The third-order valence-electron chi connectivity index (χ3n) is 2.42. The Kier molecular flexibility index (Phi) is 3.74. The summed E-state index contributed by atoms with van der Waals surface area (Å²) in [6.07, 6.45) is 1.65. The molecule has 0 aliphatic carbocycles. The van der Waals surface area contributed by atoms with Crippen molar-refractivity contribution in [2.45, 2.75) is 13.5 Å². The molecule has 0 spiro atoms. The molecule has 1 N–H and O–H groups in total. The number of carbonyl (C=O) groups is 1. The van der Waals surface area contributed by atoms with Gasteiger partial charge < -0.3 is 14.7 Å². The predicted octanol–water partition coefficient (Wildman–Crippen LogP) is 0.769. The molecule has 19 heavy (non-hydrogen) atoms. The van der Waals surface area contributed by atoms with Gasteiger partial charge in [0.25, 0.3) is 5.91 Å². The summed E-state index contributed by atoms with van der Waals surface area (Å²) in [5, 5.41) is 6.38. The van der Waals surface area contributed by atoms with Gasteiger partial charge in [-0.2, -0.15) is 4.98 Å². The molecule has 0 fully saturated rings. The van der Waals surface area contributed by atoms with Crippen LogP contribution in [0.25, 0.3) is 0 Å². The van der Waals surface area contributed by atoms with Crippen molar-refractivity contribution >= 4 is 11.7 Å². The number of nitrogens with one attached hydrogen (secondary N) is 1. The highest BCUT2D eigenvalue weighted by Crippen LogP contribution is 2.14. The Labute approximate surface area is 110 Å². The van der Waals surface area contributed by atoms with Gasteiger partial charge in [-0.3, -0.25) is 4.79 Å². The second kappa shape index (κ2) is 5.47. The molecule has 0 unspecified atom stereocenters. The van der Waals surface area contributed by atoms with Crippen LogP contribution in [0.5, 0.6) is 0 Å². The van der Waals surface area contributed by atoms with Crippen LogP contribution in [0.15, 0.2) is 22.9 Å². The molecule has 2 aromatic rings. The topological polar surface area (TPSA) is 84.2 Å². The number of hydrogen-bond donors (Lipinski definition) is 1. The fraction of sp³-hybridized carbons (Fsp3) is 0.333. The van der Waals surface area contributed by atoms with E-state index in [-0.39, 0.29) is 12.5 Å². The van der Waals surface area contributed by atoms with Crippen molar-refractivity contribution in [1.82, 2.24) is 20.4 Å². The van der Waals surface area contributed by atoms with Gasteiger partial charge in [0, 0.05) is 20.3 Å². The Morgan fingerprint density at radius 3 is 2.89 bits per heavy atom. The summed E-state index contributed by atoms with van der Waals surface area (Å²) in [7, 11) is 3.67. The fourth-order valence-corrected chi connectivity index (χ4v) is 1.59. The van der Waals surface area contributed by atoms with E-state index < -0.39 is 0 Å². The highest BCUT2D eigenvalue weighted by Gasteiger charge is 2.14. The number of amides is 1. The van der Waals surface area contributed by atoms with Crippen LogP contribution in [0.4, 0.5) is 5.82 Å². The third kappa shape index (κ3) is 3.06. The monoisotopic (exact) mass is 261 g/mol. The normalized spacial score (nSPS) is 10.3. The molecular formula is C12H15N5O2. The largest absolute Gasteiger partial charge is 0.362 e. The minimum Gasteiger partial charge on any atom is -0.362 e. The van der Waals surface area contributed by atoms with Gasteiger partial charge in [0.1, 0.15) is 5.82 Å². The lowest BCUT2D eigenvalue weighted by molar-refractivity contribution is 0.0946. The van der Waals surface area contributed by atoms with Crippen molar-refractivity contribution in [2.75, 3.05) is 19.0 Å². The average Bonchev–Trinajstić information content (AvgIpc) is 2.81. The fourth-order valence-electron chi connectivity index (χ4n) is 1.59. The summed E-state index contributed by atoms with van der Waals surface area (Å²) in [4.78, 5) is 22.1. The first-order chi connectivity index (χ1) is 9.08. The first kappa shape index (κ1) is 13.0. The molecule has 0 saturated carbocycles. The van der Waals surface area contributed by atoms with E-state index in [9.17, 15) is 4.79 Å². The molecule has 7 heteroatoms. The Hall–Kier alpha value is -2.44. The minimum absolute atomic E-state index is 0.196. The SMILES string of the molecule is Cc1noc(CNC(=O)c2cccnc2N(C)C)n1. The van der Waals surface area contributed by atoms with Gasteiger partial charge >= 0.3 is 0 Å². The van der Waals surface area contributed by atoms with E-state index in [1.165, 1.54) is 0 Å². The van der Waals surface area contributed by atoms with Crippen LogP contribution in [-0.4, -0.2) is 35.1 Å². The summed E-state index contributed by atoms with van der Waals surface area (Å²) in [6, 6.07) is 3.44. The van der Waals surface area contributed by atoms with E-state index in [1.807, 2.05) is 14.1 Å². The molecule has 0 aliphatic rings. The highest BCUT2D eigenvalue weighted by molar-refractivity contribution is 5.98. The zero-order chi connectivity index (χ0) is 13.8. The summed E-state index contributed by atoms with van der Waals surface area (Å²) in [5.41, 5.74) is 0.503. The van der Waals surface area contributed by atoms with E-state index in [1.54, 1.807) is 30.2 Å². The molecule has 0 aliphatic heterocycles. The standard InChI is InChI=1S/C12H15N5O2/c1-8-15-10(19-16-8)7-14-12(18)9-5-4-6-13-11(9)17(2)3/h4-6H,7H2,1-3H3,(H,14,18). The van der Waals surface area contributed by atoms with Gasteiger partial charge in [-0.15, -0.1) is 0 Å². The minimum atomic E-state index is -0.229. The molecule has 7 nitrogen and oxygen atoms in total. The van der Waals surface area contributed by atoms with Crippen molar-refractivity contribution in [3.8, 4) is 0 Å². The number of nitrogens with zero attached hydrogens (tertiary/aromatic N) is 4. The smallest absolute Gasteiger partial charge is 0.255 e. The second-order valence-electron chi connectivity index (χ2n) is 4.19. The zero-order valence-electron chi connectivity index (χ0n) is 11.0. The summed E-state index contributed by atoms with van der Waals surface area (Å²) < 4.78 is 4.93. The average molecular weight is 261 g/mol. The number of carbonyl (C=O) groups excluding carboxylic acids is 1. The number of aryl methyl sites for hydroxylation is 1. The van der Waals surface area contributed by atoms with Gasteiger partial charge in [-0.05, 0) is 19.1 Å². The van der Waals surface area contributed by atoms with Crippen LogP contribution in [0.1, 0.15) is 22.1 Å². The Bertz CT molecular complexity index is 579. The predicted molar refractivity (Wildman–Crippen MR) is 68.8 cm³/mol. The first-order valence-electron chi connectivity index (χ1n) is 5.77. The van der Waals surface area contributed by atoms with E-state index in [0.717, 1.165) is 0 Å². The van der Waals surface area contributed by atoms with E-state index in [0.29, 0.717) is 23.1 Å². The molecule has 2 aromatic heterocycles. The molecule has 0 saturated heterocycles. The van der Waals surface area contributed by atoms with Gasteiger partial charge in [0.2, 0.25) is 5.89 Å². The number of aromatic nitrogens is 3. The Morgan fingerprint density at radius 2 is 2.26 bits per heavy atom. The van der Waals surface area contributed by atoms with Crippen LogP contribution < -0.4 is 10.2 Å². The molecule has 0 atom stereocenters. The molecule has 100 valence electrons. The van der Waals surface area contributed by atoms with Crippen molar-refractivity contribution in [2.24, 2.45) is 0 Å². The number of hydrogen-bond acceptors (Lipinski definition) is 6. The van der Waals surface area contributed by atoms with Crippen LogP contribution in [-0.2, 0) is 6.54 Å². The number of pyridine rings is 1. The van der Waals surface area contributed by atoms with Gasteiger partial charge in [-0.25, -0.2) is 4.98 Å². The van der Waals surface area contributed by atoms with Crippen molar-refractivity contribution in [1.29, 1.82) is 0 Å². The van der Waals surface area contributed by atoms with Crippen molar-refractivity contribution in [3.05, 3.63) is 35.6 Å². The maximum absolute atomic E-state index is 12.1. The van der Waals surface area contributed by atoms with E-state index in [2.05, 4.69) is 20.4 Å². The van der Waals surface area contributed by atoms with E-state index >= 15 is 0 Å². The molecule has 0 aromatic carbocycles. The van der Waals surface area contributed by atoms with Gasteiger partial charge in [-0.1, -0.05) is 5.16 Å². The lowest BCUT2D eigenvalue weighted by Crippen LogP contribution is -2.26. The first-order valence-corrected chi connectivity index (χ1v) is 5.77. The maximum atomic E-state index is 12.1. The second-order valence-corrected chi connectivity index (χ2v) is 4.19. The van der Waals surface area contributed by atoms with E-state index in [4.69, 9.17) is 4.52 Å². The van der Waals surface area contributed by atoms with Crippen LogP contribution in [0.3, 0.4) is 0 Å². The Morgan fingerprint density at radius 1 is 1.47 bits per heavy atom. The summed E-state index contributed by atoms with van der Waals surface area (Å²) in [5.74, 6) is 1.30. The third-order valence-corrected chi connectivity index (χ3v) is 2.42. The maximum Gasteiger partial charge on any atom is 0.255 e. The van der Waals surface area contributed by atoms with Gasteiger partial charge in [0.15, 0.2) is 5.82 Å². The summed E-state index contributed by atoms with van der Waals surface area (Å²) >= 11 is 0. The van der Waals surface area contributed by atoms with Crippen molar-refractivity contribution in [3.63, 3.8) is 0 Å². The molecule has 2 rings (SSSR count).